The van der Waals surface area contributed by atoms with Crippen molar-refractivity contribution >= 4 is 18.3 Å². The van der Waals surface area contributed by atoms with Gasteiger partial charge in [0.1, 0.15) is 5.82 Å². The van der Waals surface area contributed by atoms with Crippen molar-refractivity contribution in [3.05, 3.63) is 77.1 Å². The highest BCUT2D eigenvalue weighted by molar-refractivity contribution is 5.97. The number of fused-ring (bicyclic) bond motifs is 1. The minimum Gasteiger partial charge on any atom is -0.483 e. The predicted octanol–water partition coefficient (Wildman–Crippen LogP) is 1.91. The van der Waals surface area contributed by atoms with Crippen LogP contribution in [0, 0.1) is 6.92 Å². The number of carboxylic acid groups (broad SMARTS) is 1. The first-order chi connectivity index (χ1) is 15.5. The zero-order valence-electron chi connectivity index (χ0n) is 17.7. The third kappa shape index (κ3) is 4.97. The number of aromatic nitrogens is 4. The molecule has 32 heavy (non-hydrogen) atoms. The molecule has 0 fully saturated rings. The highest BCUT2D eigenvalue weighted by Crippen LogP contribution is 2.26. The summed E-state index contributed by atoms with van der Waals surface area (Å²) in [4.78, 5) is 39.0. The lowest BCUT2D eigenvalue weighted by Crippen LogP contribution is -2.42. The Kier molecular flexibility index (Phi) is 7.27. The summed E-state index contributed by atoms with van der Waals surface area (Å²) in [7, 11) is 1.30. The molecule has 166 valence electrons. The number of rotatable bonds is 4. The van der Waals surface area contributed by atoms with Gasteiger partial charge >= 0.3 is 5.97 Å². The third-order valence-electron chi connectivity index (χ3n) is 5.07. The van der Waals surface area contributed by atoms with Crippen LogP contribution in [-0.2, 0) is 22.5 Å². The standard InChI is InChI=1S/C21H21N5O3.CH2O2/c1-14-23-24-19-13-25(12-18(26(14)19)8-15-6-4-3-5-7-15)20(27)16-9-17(11-22-10-16)21(28)29-2;2-1-3/h3-7,9-11,18H,8,12-13H2,1-2H3;1H,(H,2,3)/t18-;/m1./s1. The summed E-state index contributed by atoms with van der Waals surface area (Å²) in [6, 6.07) is 11.7. The molecule has 1 aromatic carbocycles. The number of aryl methyl sites for hydroxylation is 1. The quantitative estimate of drug-likeness (QED) is 0.484. The van der Waals surface area contributed by atoms with Gasteiger partial charge in [-0.25, -0.2) is 4.79 Å². The van der Waals surface area contributed by atoms with Crippen molar-refractivity contribution in [3.63, 3.8) is 0 Å². The number of pyridine rings is 1. The van der Waals surface area contributed by atoms with Crippen molar-refractivity contribution in [3.8, 4) is 0 Å². The van der Waals surface area contributed by atoms with Crippen molar-refractivity contribution in [1.82, 2.24) is 24.6 Å². The van der Waals surface area contributed by atoms with Crippen LogP contribution >= 0.6 is 0 Å². The van der Waals surface area contributed by atoms with Gasteiger partial charge < -0.3 is 19.3 Å². The number of hydrogen-bond donors (Lipinski definition) is 1. The zero-order valence-corrected chi connectivity index (χ0v) is 17.7. The van der Waals surface area contributed by atoms with Gasteiger partial charge in [-0.3, -0.25) is 14.6 Å². The first-order valence-electron chi connectivity index (χ1n) is 9.83. The highest BCUT2D eigenvalue weighted by atomic mass is 16.5. The summed E-state index contributed by atoms with van der Waals surface area (Å²) < 4.78 is 6.83. The lowest BCUT2D eigenvalue weighted by molar-refractivity contribution is -0.122. The molecule has 1 atom stereocenters. The predicted molar refractivity (Wildman–Crippen MR) is 113 cm³/mol. The van der Waals surface area contributed by atoms with E-state index < -0.39 is 5.97 Å². The molecule has 1 amide bonds. The van der Waals surface area contributed by atoms with Crippen molar-refractivity contribution in [1.29, 1.82) is 0 Å². The first-order valence-corrected chi connectivity index (χ1v) is 9.83. The Morgan fingerprint density at radius 3 is 2.56 bits per heavy atom. The first kappa shape index (κ1) is 22.6. The number of benzene rings is 1. The molecule has 3 aromatic rings. The monoisotopic (exact) mass is 437 g/mol. The molecule has 0 unspecified atom stereocenters. The van der Waals surface area contributed by atoms with E-state index in [-0.39, 0.29) is 24.0 Å². The molecule has 1 aliphatic heterocycles. The van der Waals surface area contributed by atoms with Gasteiger partial charge in [0, 0.05) is 18.9 Å². The zero-order chi connectivity index (χ0) is 23.1. The van der Waals surface area contributed by atoms with Crippen molar-refractivity contribution < 1.29 is 24.2 Å². The van der Waals surface area contributed by atoms with E-state index >= 15 is 0 Å². The number of hydrogen-bond acceptors (Lipinski definition) is 7. The third-order valence-corrected chi connectivity index (χ3v) is 5.07. The molecule has 1 N–H and O–H groups in total. The summed E-state index contributed by atoms with van der Waals surface area (Å²) in [5.74, 6) is 0.860. The second-order valence-corrected chi connectivity index (χ2v) is 7.12. The molecule has 0 saturated carbocycles. The van der Waals surface area contributed by atoms with E-state index in [1.165, 1.54) is 31.1 Å². The molecular formula is C22H23N5O5. The summed E-state index contributed by atoms with van der Waals surface area (Å²) in [5.41, 5.74) is 1.77. The van der Waals surface area contributed by atoms with Crippen molar-refractivity contribution in [2.45, 2.75) is 25.9 Å². The number of carbonyl (C=O) groups excluding carboxylic acids is 2. The Labute approximate surface area is 184 Å². The molecule has 1 aliphatic rings. The Hall–Kier alpha value is -4.08. The van der Waals surface area contributed by atoms with E-state index in [0.29, 0.717) is 18.7 Å². The topological polar surface area (TPSA) is 128 Å². The van der Waals surface area contributed by atoms with Gasteiger partial charge in [0.25, 0.3) is 12.4 Å². The summed E-state index contributed by atoms with van der Waals surface area (Å²) >= 11 is 0. The maximum atomic E-state index is 13.2. The second kappa shape index (κ2) is 10.3. The van der Waals surface area contributed by atoms with Gasteiger partial charge in [0.15, 0.2) is 5.82 Å². The fraction of sp³-hybridized carbons (Fsp3) is 0.273. The van der Waals surface area contributed by atoms with Gasteiger partial charge in [-0.1, -0.05) is 30.3 Å². The Balaban J connectivity index is 0.000000913. The molecule has 0 saturated heterocycles. The van der Waals surface area contributed by atoms with Gasteiger partial charge in [-0.05, 0) is 25.0 Å². The maximum absolute atomic E-state index is 13.2. The molecule has 2 aromatic heterocycles. The van der Waals surface area contributed by atoms with Gasteiger partial charge in [0.2, 0.25) is 0 Å². The molecule has 0 bridgehead atoms. The average molecular weight is 437 g/mol. The van der Waals surface area contributed by atoms with Crippen LogP contribution in [0.1, 0.15) is 44.0 Å². The Morgan fingerprint density at radius 1 is 1.19 bits per heavy atom. The van der Waals surface area contributed by atoms with Gasteiger partial charge in [-0.15, -0.1) is 10.2 Å². The van der Waals surface area contributed by atoms with Gasteiger partial charge in [0.05, 0.1) is 30.8 Å². The van der Waals surface area contributed by atoms with Crippen LogP contribution in [0.25, 0.3) is 0 Å². The van der Waals surface area contributed by atoms with E-state index in [2.05, 4.69) is 31.9 Å². The summed E-state index contributed by atoms with van der Waals surface area (Å²) in [6.07, 6.45) is 3.61. The van der Waals surface area contributed by atoms with Crippen molar-refractivity contribution in [2.24, 2.45) is 0 Å². The second-order valence-electron chi connectivity index (χ2n) is 7.12. The fourth-order valence-corrected chi connectivity index (χ4v) is 3.73. The number of methoxy groups -OCH3 is 1. The van der Waals surface area contributed by atoms with Crippen LogP contribution in [0.3, 0.4) is 0 Å². The number of esters is 1. The molecule has 10 heteroatoms. The Bertz CT molecular complexity index is 1100. The largest absolute Gasteiger partial charge is 0.483 e. The Morgan fingerprint density at radius 2 is 1.88 bits per heavy atom. The van der Waals surface area contributed by atoms with Crippen LogP contribution in [-0.4, -0.2) is 61.8 Å². The number of ether oxygens (including phenoxy) is 1. The number of amides is 1. The lowest BCUT2D eigenvalue weighted by Gasteiger charge is -2.34. The number of carbonyl (C=O) groups is 3. The van der Waals surface area contributed by atoms with Crippen LogP contribution in [0.2, 0.25) is 0 Å². The SMILES string of the molecule is COC(=O)c1cncc(C(=O)N2Cc3nnc(C)n3[C@H](Cc3ccccc3)C2)c1.O=CO. The lowest BCUT2D eigenvalue weighted by atomic mass is 10.0. The van der Waals surface area contributed by atoms with Crippen LogP contribution in [0.15, 0.2) is 48.8 Å². The van der Waals surface area contributed by atoms with E-state index in [1.54, 1.807) is 4.90 Å². The highest BCUT2D eigenvalue weighted by Gasteiger charge is 2.31. The van der Waals surface area contributed by atoms with Gasteiger partial charge in [-0.2, -0.15) is 0 Å². The number of nitrogens with zero attached hydrogens (tertiary/aromatic N) is 5. The maximum Gasteiger partial charge on any atom is 0.339 e. The minimum atomic E-state index is -0.525. The molecular weight excluding hydrogens is 414 g/mol. The minimum absolute atomic E-state index is 0.0249. The summed E-state index contributed by atoms with van der Waals surface area (Å²) in [5, 5.41) is 15.4. The normalized spacial score (nSPS) is 14.6. The molecule has 10 nitrogen and oxygen atoms in total. The van der Waals surface area contributed by atoms with Crippen molar-refractivity contribution in [2.75, 3.05) is 13.7 Å². The van der Waals surface area contributed by atoms with Crippen LogP contribution < -0.4 is 0 Å². The molecule has 0 aliphatic carbocycles. The van der Waals surface area contributed by atoms with E-state index in [4.69, 9.17) is 14.6 Å². The van der Waals surface area contributed by atoms with Crippen LogP contribution in [0.5, 0.6) is 0 Å². The van der Waals surface area contributed by atoms with E-state index in [0.717, 1.165) is 18.1 Å². The van der Waals surface area contributed by atoms with E-state index in [9.17, 15) is 9.59 Å². The average Bonchev–Trinajstić information content (AvgIpc) is 3.20. The molecule has 0 radical (unpaired) electrons. The fourth-order valence-electron chi connectivity index (χ4n) is 3.73. The molecule has 3 heterocycles. The molecule has 4 rings (SSSR count). The smallest absolute Gasteiger partial charge is 0.339 e. The van der Waals surface area contributed by atoms with E-state index in [1.807, 2.05) is 25.1 Å². The van der Waals surface area contributed by atoms with Crippen LogP contribution in [0.4, 0.5) is 0 Å². The molecule has 0 spiro atoms. The summed E-state index contributed by atoms with van der Waals surface area (Å²) in [6.45, 7) is 2.55.